The number of thioether (sulfide) groups is 1. The van der Waals surface area contributed by atoms with Gasteiger partial charge in [-0.15, -0.1) is 0 Å². The average molecular weight is 585 g/mol. The molecule has 0 spiro atoms. The molecule has 9 heteroatoms. The molecule has 41 heavy (non-hydrogen) atoms. The summed E-state index contributed by atoms with van der Waals surface area (Å²) in [4.78, 5) is 38.0. The molecule has 2 amide bonds. The summed E-state index contributed by atoms with van der Waals surface area (Å²) < 4.78 is 5.22. The molecule has 1 aliphatic carbocycles. The molecule has 3 atom stereocenters. The third-order valence-electron chi connectivity index (χ3n) is 7.91. The Balaban J connectivity index is 2.05. The number of nitrogens with one attached hydrogen (secondary N) is 2. The first-order valence-electron chi connectivity index (χ1n) is 14.6. The number of rotatable bonds is 14. The summed E-state index contributed by atoms with van der Waals surface area (Å²) in [6.07, 6.45) is 8.21. The van der Waals surface area contributed by atoms with E-state index in [1.54, 1.807) is 19.1 Å². The minimum Gasteiger partial charge on any atom is -0.480 e. The van der Waals surface area contributed by atoms with Crippen LogP contribution in [0.5, 0.6) is 0 Å². The predicted octanol–water partition coefficient (Wildman–Crippen LogP) is 5.96. The van der Waals surface area contributed by atoms with Crippen LogP contribution in [0.25, 0.3) is 11.1 Å². The quantitative estimate of drug-likeness (QED) is 0.216. The number of carboxylic acids is 1. The monoisotopic (exact) mass is 584 g/mol. The largest absolute Gasteiger partial charge is 0.480 e. The number of carbonyl (C=O) groups is 3. The smallest absolute Gasteiger partial charge is 0.407 e. The van der Waals surface area contributed by atoms with Crippen LogP contribution >= 0.6 is 11.8 Å². The van der Waals surface area contributed by atoms with Crippen LogP contribution in [0.4, 0.5) is 4.79 Å². The highest BCUT2D eigenvalue weighted by molar-refractivity contribution is 7.98. The fraction of sp³-hybridized carbons (Fsp3) is 0.531. The van der Waals surface area contributed by atoms with Crippen molar-refractivity contribution >= 4 is 29.7 Å². The van der Waals surface area contributed by atoms with Gasteiger partial charge in [-0.2, -0.15) is 11.8 Å². The van der Waals surface area contributed by atoms with E-state index >= 15 is 0 Å². The Hall–Kier alpha value is -3.04. The van der Waals surface area contributed by atoms with E-state index in [4.69, 9.17) is 4.74 Å². The number of amides is 2. The van der Waals surface area contributed by atoms with Gasteiger partial charge >= 0.3 is 12.1 Å². The second-order valence-electron chi connectivity index (χ2n) is 10.8. The van der Waals surface area contributed by atoms with Gasteiger partial charge in [-0.3, -0.25) is 4.79 Å². The van der Waals surface area contributed by atoms with Crippen LogP contribution < -0.4 is 10.6 Å². The van der Waals surface area contributed by atoms with Crippen LogP contribution in [0.3, 0.4) is 0 Å². The number of carbonyl (C=O) groups excluding carboxylic acids is 2. The van der Waals surface area contributed by atoms with Crippen molar-refractivity contribution in [3.63, 3.8) is 0 Å². The number of alkyl carbamates (subject to hydrolysis) is 1. The number of aryl methyl sites for hydroxylation is 1. The Bertz CT molecular complexity index is 1170. The Labute approximate surface area is 247 Å². The molecule has 224 valence electrons. The van der Waals surface area contributed by atoms with Crippen molar-refractivity contribution in [1.29, 1.82) is 0 Å². The lowest BCUT2D eigenvalue weighted by Crippen LogP contribution is -2.41. The van der Waals surface area contributed by atoms with Crippen LogP contribution in [0, 0.1) is 18.8 Å². The topological polar surface area (TPSA) is 125 Å². The van der Waals surface area contributed by atoms with Crippen molar-refractivity contribution < 1.29 is 29.3 Å². The van der Waals surface area contributed by atoms with E-state index in [0.29, 0.717) is 29.2 Å². The molecule has 0 radical (unpaired) electrons. The lowest BCUT2D eigenvalue weighted by molar-refractivity contribution is -0.139. The summed E-state index contributed by atoms with van der Waals surface area (Å²) in [6, 6.07) is 11.5. The normalized spacial score (nSPS) is 15.9. The molecule has 0 bridgehead atoms. The maximum absolute atomic E-state index is 13.5. The van der Waals surface area contributed by atoms with Gasteiger partial charge in [0.25, 0.3) is 5.91 Å². The van der Waals surface area contributed by atoms with Crippen molar-refractivity contribution in [2.24, 2.45) is 11.8 Å². The number of aliphatic hydroxyl groups is 1. The van der Waals surface area contributed by atoms with Crippen LogP contribution in [0.1, 0.15) is 79.4 Å². The maximum Gasteiger partial charge on any atom is 0.407 e. The molecule has 2 aromatic rings. The first-order valence-corrected chi connectivity index (χ1v) is 15.9. The summed E-state index contributed by atoms with van der Waals surface area (Å²) in [7, 11) is 0. The van der Waals surface area contributed by atoms with E-state index in [9.17, 15) is 24.6 Å². The van der Waals surface area contributed by atoms with E-state index in [0.717, 1.165) is 36.0 Å². The molecule has 8 nitrogen and oxygen atoms in total. The minimum absolute atomic E-state index is 0.106. The lowest BCUT2D eigenvalue weighted by atomic mass is 9.79. The molecule has 1 fully saturated rings. The van der Waals surface area contributed by atoms with E-state index < -0.39 is 30.1 Å². The fourth-order valence-electron chi connectivity index (χ4n) is 5.72. The summed E-state index contributed by atoms with van der Waals surface area (Å²) in [5, 5.41) is 25.9. The van der Waals surface area contributed by atoms with Gasteiger partial charge in [0.15, 0.2) is 0 Å². The number of carboxylic acid groups (broad SMARTS) is 1. The molecule has 0 heterocycles. The summed E-state index contributed by atoms with van der Waals surface area (Å²) in [5.41, 5.74) is 3.52. The molecule has 1 saturated carbocycles. The second kappa shape index (κ2) is 16.4. The second-order valence-corrected chi connectivity index (χ2v) is 11.8. The van der Waals surface area contributed by atoms with Crippen LogP contribution in [-0.4, -0.2) is 59.4 Å². The van der Waals surface area contributed by atoms with Crippen LogP contribution in [-0.2, 0) is 9.53 Å². The zero-order valence-electron chi connectivity index (χ0n) is 24.4. The van der Waals surface area contributed by atoms with Gasteiger partial charge in [0.1, 0.15) is 6.04 Å². The van der Waals surface area contributed by atoms with Crippen LogP contribution in [0.2, 0.25) is 0 Å². The molecule has 3 rings (SSSR count). The molecule has 2 aromatic carbocycles. The van der Waals surface area contributed by atoms with Crippen molar-refractivity contribution in [3.8, 4) is 11.1 Å². The maximum atomic E-state index is 13.5. The van der Waals surface area contributed by atoms with E-state index in [-0.39, 0.29) is 19.1 Å². The number of aliphatic carboxylic acids is 1. The molecule has 1 aliphatic rings. The Morgan fingerprint density at radius 1 is 1.05 bits per heavy atom. The summed E-state index contributed by atoms with van der Waals surface area (Å²) in [6.45, 7) is 3.81. The number of hydrogen-bond acceptors (Lipinski definition) is 6. The lowest BCUT2D eigenvalue weighted by Gasteiger charge is -2.32. The van der Waals surface area contributed by atoms with Gasteiger partial charge in [0.05, 0.1) is 12.6 Å². The first kappa shape index (κ1) is 32.5. The molecule has 4 N–H and O–H groups in total. The molecule has 0 saturated heterocycles. The summed E-state index contributed by atoms with van der Waals surface area (Å²) >= 11 is 1.52. The van der Waals surface area contributed by atoms with E-state index in [2.05, 4.69) is 10.6 Å². The van der Waals surface area contributed by atoms with Gasteiger partial charge in [0, 0.05) is 18.1 Å². The zero-order valence-corrected chi connectivity index (χ0v) is 25.2. The molecule has 0 aliphatic heterocycles. The van der Waals surface area contributed by atoms with E-state index in [1.165, 1.54) is 31.0 Å². The highest BCUT2D eigenvalue weighted by Crippen LogP contribution is 2.37. The zero-order chi connectivity index (χ0) is 29.8. The van der Waals surface area contributed by atoms with Gasteiger partial charge in [-0.05, 0) is 79.0 Å². The molecule has 2 unspecified atom stereocenters. The van der Waals surface area contributed by atoms with Gasteiger partial charge in [0.2, 0.25) is 0 Å². The van der Waals surface area contributed by atoms with Crippen molar-refractivity contribution in [2.75, 3.05) is 25.2 Å². The Kier molecular flexibility index (Phi) is 13.0. The SMILES string of the molecule is CCOC(=O)NC(c1ccc(C(=O)N[C@@H](CCSC)C(=O)O)c(-c2ccccc2C)c1)C(CO)CC1CCCCC1. The number of hydrogen-bond donors (Lipinski definition) is 4. The standard InChI is InChI=1S/C32H44N2O6S/c1-4-40-32(39)34-29(24(20-35)18-22-11-6-5-7-12-22)23-14-15-26(27(19-23)25-13-9-8-10-21(25)2)30(36)33-28(31(37)38)16-17-41-3/h8-10,13-15,19,22,24,28-29,35H,4-7,11-12,16-18,20H2,1-3H3,(H,33,36)(H,34,39)(H,37,38)/t24?,28-,29?/m0/s1. The molecular formula is C32H44N2O6S. The highest BCUT2D eigenvalue weighted by atomic mass is 32.2. The van der Waals surface area contributed by atoms with Crippen molar-refractivity contribution in [3.05, 3.63) is 59.2 Å². The average Bonchev–Trinajstić information content (AvgIpc) is 2.97. The third-order valence-corrected chi connectivity index (χ3v) is 8.56. The van der Waals surface area contributed by atoms with E-state index in [1.807, 2.05) is 43.5 Å². The summed E-state index contributed by atoms with van der Waals surface area (Å²) in [5.74, 6) is -0.712. The van der Waals surface area contributed by atoms with Gasteiger partial charge in [-0.1, -0.05) is 62.4 Å². The number of aliphatic hydroxyl groups excluding tert-OH is 1. The Morgan fingerprint density at radius 2 is 1.78 bits per heavy atom. The molecule has 0 aromatic heterocycles. The van der Waals surface area contributed by atoms with Gasteiger partial charge in [-0.25, -0.2) is 9.59 Å². The molecular weight excluding hydrogens is 540 g/mol. The number of benzene rings is 2. The van der Waals surface area contributed by atoms with Crippen LogP contribution in [0.15, 0.2) is 42.5 Å². The number of ether oxygens (including phenoxy) is 1. The van der Waals surface area contributed by atoms with Crippen molar-refractivity contribution in [2.45, 2.75) is 70.9 Å². The first-order chi connectivity index (χ1) is 19.8. The van der Waals surface area contributed by atoms with Crippen molar-refractivity contribution in [1.82, 2.24) is 10.6 Å². The third kappa shape index (κ3) is 9.23. The predicted molar refractivity (Wildman–Crippen MR) is 163 cm³/mol. The van der Waals surface area contributed by atoms with Gasteiger partial charge < -0.3 is 25.6 Å². The highest BCUT2D eigenvalue weighted by Gasteiger charge is 2.30. The fourth-order valence-corrected chi connectivity index (χ4v) is 6.19. The minimum atomic E-state index is -1.08. The Morgan fingerprint density at radius 3 is 2.41 bits per heavy atom.